The molecule has 1 rings (SSSR count). The zero-order valence-electron chi connectivity index (χ0n) is 9.90. The lowest BCUT2D eigenvalue weighted by Crippen LogP contribution is -2.03. The number of carbonyl (C=O) groups is 1. The molecule has 0 aliphatic heterocycles. The van der Waals surface area contributed by atoms with Crippen LogP contribution in [0.25, 0.3) is 6.08 Å². The third-order valence-corrected chi connectivity index (χ3v) is 1.96. The van der Waals surface area contributed by atoms with Gasteiger partial charge in [-0.1, -0.05) is 42.2 Å². The molecule has 0 bridgehead atoms. The molecule has 0 aromatic heterocycles. The molecule has 3 heteroatoms. The minimum absolute atomic E-state index is 0.281. The van der Waals surface area contributed by atoms with Crippen molar-refractivity contribution in [3.8, 4) is 11.8 Å². The number of rotatable bonds is 3. The Kier molecular flexibility index (Phi) is 5.56. The number of benzene rings is 1. The zero-order valence-corrected chi connectivity index (χ0v) is 9.90. The van der Waals surface area contributed by atoms with Gasteiger partial charge >= 0.3 is 5.97 Å². The summed E-state index contributed by atoms with van der Waals surface area (Å²) in [5, 5.41) is 0. The maximum atomic E-state index is 11.5. The maximum Gasteiger partial charge on any atom is 0.346 e. The van der Waals surface area contributed by atoms with Crippen molar-refractivity contribution in [2.45, 2.75) is 0 Å². The number of esters is 1. The number of hydrogen-bond acceptors (Lipinski definition) is 3. The molecule has 0 N–H and O–H groups in total. The van der Waals surface area contributed by atoms with E-state index >= 15 is 0 Å². The molecule has 0 saturated heterocycles. The summed E-state index contributed by atoms with van der Waals surface area (Å²) >= 11 is 0. The number of ether oxygens (including phenoxy) is 2. The Morgan fingerprint density at radius 3 is 2.59 bits per heavy atom. The van der Waals surface area contributed by atoms with Crippen molar-refractivity contribution in [1.82, 2.24) is 0 Å². The Hall–Kier alpha value is -2.05. The molecule has 0 heterocycles. The van der Waals surface area contributed by atoms with Gasteiger partial charge in [-0.05, 0) is 11.6 Å². The van der Waals surface area contributed by atoms with Crippen molar-refractivity contribution in [2.75, 3.05) is 20.8 Å². The van der Waals surface area contributed by atoms with Gasteiger partial charge in [-0.15, -0.1) is 0 Å². The van der Waals surface area contributed by atoms with E-state index < -0.39 is 5.97 Å². The Balaban J connectivity index is 2.95. The summed E-state index contributed by atoms with van der Waals surface area (Å²) < 4.78 is 9.47. The van der Waals surface area contributed by atoms with Crippen LogP contribution in [0.5, 0.6) is 0 Å². The molecule has 0 saturated carbocycles. The van der Waals surface area contributed by atoms with E-state index in [2.05, 4.69) is 16.6 Å². The molecule has 1 aromatic carbocycles. The van der Waals surface area contributed by atoms with Crippen LogP contribution in [0.2, 0.25) is 0 Å². The molecule has 17 heavy (non-hydrogen) atoms. The first-order valence-corrected chi connectivity index (χ1v) is 5.11. The monoisotopic (exact) mass is 230 g/mol. The average Bonchev–Trinajstić information content (AvgIpc) is 2.38. The Labute approximate surface area is 101 Å². The van der Waals surface area contributed by atoms with Crippen molar-refractivity contribution in [3.63, 3.8) is 0 Å². The van der Waals surface area contributed by atoms with Gasteiger partial charge in [-0.25, -0.2) is 4.79 Å². The summed E-state index contributed by atoms with van der Waals surface area (Å²) in [6.07, 6.45) is 1.69. The highest BCUT2D eigenvalue weighted by Crippen LogP contribution is 2.07. The molecular formula is C14H14O3. The lowest BCUT2D eigenvalue weighted by Gasteiger charge is -1.98. The van der Waals surface area contributed by atoms with Gasteiger partial charge in [0.25, 0.3) is 0 Å². The predicted molar refractivity (Wildman–Crippen MR) is 66.1 cm³/mol. The molecule has 3 nitrogen and oxygen atoms in total. The van der Waals surface area contributed by atoms with E-state index in [9.17, 15) is 4.79 Å². The highest BCUT2D eigenvalue weighted by atomic mass is 16.5. The fraction of sp³-hybridized carbons (Fsp3) is 0.214. The van der Waals surface area contributed by atoms with Gasteiger partial charge in [0.05, 0.1) is 7.11 Å². The number of carbonyl (C=O) groups excluding carboxylic acids is 1. The van der Waals surface area contributed by atoms with Gasteiger partial charge in [-0.3, -0.25) is 0 Å². The minimum Gasteiger partial charge on any atom is -0.465 e. The second kappa shape index (κ2) is 7.26. The van der Waals surface area contributed by atoms with Gasteiger partial charge in [-0.2, -0.15) is 0 Å². The SMILES string of the molecule is COCC#C/C(=C\c1ccccc1)C(=O)OC. The molecule has 88 valence electrons. The van der Waals surface area contributed by atoms with E-state index in [1.807, 2.05) is 30.3 Å². The topological polar surface area (TPSA) is 35.5 Å². The van der Waals surface area contributed by atoms with Crippen LogP contribution in [0.15, 0.2) is 35.9 Å². The molecule has 0 atom stereocenters. The van der Waals surface area contributed by atoms with Crippen LogP contribution < -0.4 is 0 Å². The summed E-state index contributed by atoms with van der Waals surface area (Å²) in [6, 6.07) is 9.47. The molecule has 0 amide bonds. The van der Waals surface area contributed by atoms with E-state index in [-0.39, 0.29) is 6.61 Å². The van der Waals surface area contributed by atoms with E-state index in [4.69, 9.17) is 4.74 Å². The van der Waals surface area contributed by atoms with Crippen LogP contribution in [-0.4, -0.2) is 26.8 Å². The van der Waals surface area contributed by atoms with Crippen molar-refractivity contribution in [3.05, 3.63) is 41.5 Å². The largest absolute Gasteiger partial charge is 0.465 e. The fourth-order valence-electron chi connectivity index (χ4n) is 1.18. The average molecular weight is 230 g/mol. The van der Waals surface area contributed by atoms with Crippen LogP contribution >= 0.6 is 0 Å². The smallest absolute Gasteiger partial charge is 0.346 e. The minimum atomic E-state index is -0.447. The molecule has 0 fully saturated rings. The highest BCUT2D eigenvalue weighted by molar-refractivity contribution is 5.98. The second-order valence-corrected chi connectivity index (χ2v) is 3.20. The summed E-state index contributed by atoms with van der Waals surface area (Å²) in [5.41, 5.74) is 1.22. The highest BCUT2D eigenvalue weighted by Gasteiger charge is 2.05. The Morgan fingerprint density at radius 2 is 2.00 bits per heavy atom. The quantitative estimate of drug-likeness (QED) is 0.452. The normalized spacial score (nSPS) is 10.4. The van der Waals surface area contributed by atoms with Gasteiger partial charge in [0.1, 0.15) is 12.2 Å². The van der Waals surface area contributed by atoms with Gasteiger partial charge in [0.15, 0.2) is 0 Å². The second-order valence-electron chi connectivity index (χ2n) is 3.20. The Morgan fingerprint density at radius 1 is 1.29 bits per heavy atom. The summed E-state index contributed by atoms with van der Waals surface area (Å²) in [4.78, 5) is 11.5. The first-order chi connectivity index (χ1) is 8.27. The van der Waals surface area contributed by atoms with Gasteiger partial charge < -0.3 is 9.47 Å². The van der Waals surface area contributed by atoms with E-state index in [0.29, 0.717) is 5.57 Å². The van der Waals surface area contributed by atoms with Gasteiger partial charge in [0.2, 0.25) is 0 Å². The summed E-state index contributed by atoms with van der Waals surface area (Å²) in [7, 11) is 2.88. The van der Waals surface area contributed by atoms with Crippen molar-refractivity contribution in [2.24, 2.45) is 0 Å². The van der Waals surface area contributed by atoms with Crippen molar-refractivity contribution < 1.29 is 14.3 Å². The first-order valence-electron chi connectivity index (χ1n) is 5.11. The summed E-state index contributed by atoms with van der Waals surface area (Å²) in [6.45, 7) is 0.281. The predicted octanol–water partition coefficient (Wildman–Crippen LogP) is 1.89. The molecule has 0 aliphatic carbocycles. The lowest BCUT2D eigenvalue weighted by atomic mass is 10.1. The van der Waals surface area contributed by atoms with Crippen LogP contribution in [0.3, 0.4) is 0 Å². The summed E-state index contributed by atoms with van der Waals surface area (Å²) in [5.74, 6) is 5.01. The molecule has 0 aliphatic rings. The van der Waals surface area contributed by atoms with Crippen LogP contribution in [0, 0.1) is 11.8 Å². The number of hydrogen-bond donors (Lipinski definition) is 0. The molecular weight excluding hydrogens is 216 g/mol. The lowest BCUT2D eigenvalue weighted by molar-refractivity contribution is -0.135. The van der Waals surface area contributed by atoms with Crippen LogP contribution in [0.1, 0.15) is 5.56 Å². The zero-order chi connectivity index (χ0) is 12.5. The van der Waals surface area contributed by atoms with Crippen LogP contribution in [0.4, 0.5) is 0 Å². The standard InChI is InChI=1S/C14H14O3/c1-16-10-6-9-13(14(15)17-2)11-12-7-4-3-5-8-12/h3-5,7-8,11H,10H2,1-2H3/b13-11+. The third-order valence-electron chi connectivity index (χ3n) is 1.96. The maximum absolute atomic E-state index is 11.5. The Bertz CT molecular complexity index is 449. The van der Waals surface area contributed by atoms with Crippen LogP contribution in [-0.2, 0) is 14.3 Å². The van der Waals surface area contributed by atoms with E-state index in [0.717, 1.165) is 5.56 Å². The van der Waals surface area contributed by atoms with E-state index in [1.165, 1.54) is 7.11 Å². The number of methoxy groups -OCH3 is 2. The molecule has 0 unspecified atom stereocenters. The molecule has 0 spiro atoms. The fourth-order valence-corrected chi connectivity index (χ4v) is 1.18. The molecule has 0 radical (unpaired) electrons. The first kappa shape index (κ1) is 13.0. The van der Waals surface area contributed by atoms with Gasteiger partial charge in [0, 0.05) is 7.11 Å². The van der Waals surface area contributed by atoms with Crippen molar-refractivity contribution >= 4 is 12.0 Å². The van der Waals surface area contributed by atoms with E-state index in [1.54, 1.807) is 13.2 Å². The molecule has 1 aromatic rings. The van der Waals surface area contributed by atoms with Crippen molar-refractivity contribution in [1.29, 1.82) is 0 Å². The third kappa shape index (κ3) is 4.54.